The Morgan fingerprint density at radius 1 is 1.00 bits per heavy atom. The summed E-state index contributed by atoms with van der Waals surface area (Å²) >= 11 is 0. The number of benzene rings is 2. The fraction of sp³-hybridized carbons (Fsp3) is 0.391. The van der Waals surface area contributed by atoms with Gasteiger partial charge in [0.25, 0.3) is 11.8 Å². The van der Waals surface area contributed by atoms with Crippen LogP contribution in [-0.2, 0) is 0 Å². The van der Waals surface area contributed by atoms with Crippen LogP contribution in [0.5, 0.6) is 0 Å². The van der Waals surface area contributed by atoms with Gasteiger partial charge in [-0.05, 0) is 67.6 Å². The maximum atomic E-state index is 12.6. The third kappa shape index (κ3) is 5.12. The molecule has 2 amide bonds. The molecule has 2 aromatic carbocycles. The van der Waals surface area contributed by atoms with Gasteiger partial charge in [0.2, 0.25) is 0 Å². The van der Waals surface area contributed by atoms with Crippen LogP contribution in [0.2, 0.25) is 0 Å². The lowest BCUT2D eigenvalue weighted by Gasteiger charge is -2.32. The Hall–Kier alpha value is -2.82. The number of carbonyl (C=O) groups is 2. The van der Waals surface area contributed by atoms with Crippen molar-refractivity contribution in [3.05, 3.63) is 59.7 Å². The zero-order valence-electron chi connectivity index (χ0n) is 16.7. The molecule has 1 heterocycles. The van der Waals surface area contributed by atoms with Gasteiger partial charge in [0.05, 0.1) is 0 Å². The molecule has 1 fully saturated rings. The van der Waals surface area contributed by atoms with E-state index in [0.717, 1.165) is 31.1 Å². The van der Waals surface area contributed by atoms with Crippen LogP contribution in [0.3, 0.4) is 0 Å². The van der Waals surface area contributed by atoms with Crippen LogP contribution in [0.25, 0.3) is 0 Å². The highest BCUT2D eigenvalue weighted by Crippen LogP contribution is 2.24. The molecule has 1 saturated heterocycles. The van der Waals surface area contributed by atoms with E-state index in [9.17, 15) is 9.59 Å². The van der Waals surface area contributed by atoms with E-state index in [4.69, 9.17) is 0 Å². The van der Waals surface area contributed by atoms with Crippen LogP contribution < -0.4 is 15.5 Å². The number of nitrogens with zero attached hydrogens (tertiary/aromatic N) is 1. The van der Waals surface area contributed by atoms with Gasteiger partial charge in [-0.25, -0.2) is 0 Å². The highest BCUT2D eigenvalue weighted by atomic mass is 16.2. The standard InChI is InChI=1S/C23H29N3O2/c1-3-13-24-22(27)18-5-4-6-19(16-18)23(28)25-20-7-9-21(10-8-20)26-14-11-17(2)12-15-26/h4-10,16-17H,3,11-15H2,1-2H3,(H,24,27)(H,25,28). The van der Waals surface area contributed by atoms with Crippen molar-refractivity contribution >= 4 is 23.2 Å². The average Bonchev–Trinajstić information content (AvgIpc) is 2.73. The smallest absolute Gasteiger partial charge is 0.255 e. The van der Waals surface area contributed by atoms with Crippen molar-refractivity contribution in [3.63, 3.8) is 0 Å². The highest BCUT2D eigenvalue weighted by molar-refractivity contribution is 6.06. The Bertz CT molecular complexity index is 809. The molecule has 28 heavy (non-hydrogen) atoms. The van der Waals surface area contributed by atoms with Gasteiger partial charge < -0.3 is 15.5 Å². The number of carbonyl (C=O) groups excluding carboxylic acids is 2. The molecule has 3 rings (SSSR count). The fourth-order valence-corrected chi connectivity index (χ4v) is 3.37. The van der Waals surface area contributed by atoms with Gasteiger partial charge in [0.15, 0.2) is 0 Å². The number of anilines is 2. The van der Waals surface area contributed by atoms with Crippen LogP contribution in [-0.4, -0.2) is 31.4 Å². The summed E-state index contributed by atoms with van der Waals surface area (Å²) in [7, 11) is 0. The maximum absolute atomic E-state index is 12.6. The van der Waals surface area contributed by atoms with Gasteiger partial charge in [0, 0.05) is 42.1 Å². The molecule has 0 atom stereocenters. The number of rotatable bonds is 6. The zero-order chi connectivity index (χ0) is 19.9. The van der Waals surface area contributed by atoms with Crippen molar-refractivity contribution in [3.8, 4) is 0 Å². The maximum Gasteiger partial charge on any atom is 0.255 e. The van der Waals surface area contributed by atoms with E-state index in [2.05, 4.69) is 34.6 Å². The summed E-state index contributed by atoms with van der Waals surface area (Å²) in [6.07, 6.45) is 3.32. The second-order valence-corrected chi connectivity index (χ2v) is 7.51. The summed E-state index contributed by atoms with van der Waals surface area (Å²) in [5.41, 5.74) is 2.91. The first-order valence-corrected chi connectivity index (χ1v) is 10.1. The van der Waals surface area contributed by atoms with Gasteiger partial charge in [-0.1, -0.05) is 19.9 Å². The summed E-state index contributed by atoms with van der Waals surface area (Å²) < 4.78 is 0. The molecular formula is C23H29N3O2. The summed E-state index contributed by atoms with van der Waals surface area (Å²) in [4.78, 5) is 27.1. The summed E-state index contributed by atoms with van der Waals surface area (Å²) in [6.45, 7) is 7.09. The molecule has 0 bridgehead atoms. The van der Waals surface area contributed by atoms with Crippen LogP contribution in [0.1, 0.15) is 53.8 Å². The van der Waals surface area contributed by atoms with E-state index in [1.807, 2.05) is 19.1 Å². The molecule has 2 N–H and O–H groups in total. The van der Waals surface area contributed by atoms with Crippen molar-refractivity contribution in [2.75, 3.05) is 29.9 Å². The first-order valence-electron chi connectivity index (χ1n) is 10.1. The normalized spacial score (nSPS) is 14.6. The number of piperidine rings is 1. The van der Waals surface area contributed by atoms with Crippen molar-refractivity contribution < 1.29 is 9.59 Å². The van der Waals surface area contributed by atoms with E-state index < -0.39 is 0 Å². The van der Waals surface area contributed by atoms with Gasteiger partial charge >= 0.3 is 0 Å². The van der Waals surface area contributed by atoms with Crippen LogP contribution in [0, 0.1) is 5.92 Å². The monoisotopic (exact) mass is 379 g/mol. The van der Waals surface area contributed by atoms with E-state index in [1.54, 1.807) is 24.3 Å². The lowest BCUT2D eigenvalue weighted by Crippen LogP contribution is -2.32. The molecule has 1 aliphatic heterocycles. The lowest BCUT2D eigenvalue weighted by atomic mass is 9.99. The summed E-state index contributed by atoms with van der Waals surface area (Å²) in [5, 5.41) is 5.74. The fourth-order valence-electron chi connectivity index (χ4n) is 3.37. The Balaban J connectivity index is 1.62. The third-order valence-corrected chi connectivity index (χ3v) is 5.20. The first-order chi connectivity index (χ1) is 13.6. The van der Waals surface area contributed by atoms with Crippen LogP contribution >= 0.6 is 0 Å². The number of hydrogen-bond donors (Lipinski definition) is 2. The predicted molar refractivity (Wildman–Crippen MR) is 114 cm³/mol. The second-order valence-electron chi connectivity index (χ2n) is 7.51. The number of nitrogens with one attached hydrogen (secondary N) is 2. The molecule has 0 radical (unpaired) electrons. The molecule has 0 saturated carbocycles. The molecule has 0 spiro atoms. The Labute approximate surface area is 167 Å². The van der Waals surface area contributed by atoms with Crippen LogP contribution in [0.15, 0.2) is 48.5 Å². The Kier molecular flexibility index (Phi) is 6.69. The molecule has 2 aromatic rings. The molecule has 5 heteroatoms. The summed E-state index contributed by atoms with van der Waals surface area (Å²) in [6, 6.07) is 14.8. The zero-order valence-corrected chi connectivity index (χ0v) is 16.7. The second kappa shape index (κ2) is 9.40. The molecule has 0 aliphatic carbocycles. The van der Waals surface area contributed by atoms with Crippen molar-refractivity contribution in [1.29, 1.82) is 0 Å². The van der Waals surface area contributed by atoms with Gasteiger partial charge in [-0.3, -0.25) is 9.59 Å². The minimum absolute atomic E-state index is 0.156. The van der Waals surface area contributed by atoms with Gasteiger partial charge in [-0.2, -0.15) is 0 Å². The lowest BCUT2D eigenvalue weighted by molar-refractivity contribution is 0.0953. The largest absolute Gasteiger partial charge is 0.372 e. The van der Waals surface area contributed by atoms with Gasteiger partial charge in [0.1, 0.15) is 0 Å². The first kappa shape index (κ1) is 19.9. The van der Waals surface area contributed by atoms with E-state index in [-0.39, 0.29) is 11.8 Å². The molecule has 5 nitrogen and oxygen atoms in total. The van der Waals surface area contributed by atoms with Crippen molar-refractivity contribution in [1.82, 2.24) is 5.32 Å². The Morgan fingerprint density at radius 3 is 2.29 bits per heavy atom. The molecular weight excluding hydrogens is 350 g/mol. The van der Waals surface area contributed by atoms with E-state index in [1.165, 1.54) is 18.5 Å². The SMILES string of the molecule is CCCNC(=O)c1cccc(C(=O)Nc2ccc(N3CCC(C)CC3)cc2)c1. The number of amides is 2. The molecule has 0 unspecified atom stereocenters. The Morgan fingerprint density at radius 2 is 1.64 bits per heavy atom. The third-order valence-electron chi connectivity index (χ3n) is 5.20. The average molecular weight is 380 g/mol. The quantitative estimate of drug-likeness (QED) is 0.786. The molecule has 0 aromatic heterocycles. The van der Waals surface area contributed by atoms with Gasteiger partial charge in [-0.15, -0.1) is 0 Å². The van der Waals surface area contributed by atoms with Crippen LogP contribution in [0.4, 0.5) is 11.4 Å². The minimum atomic E-state index is -0.218. The minimum Gasteiger partial charge on any atom is -0.372 e. The molecule has 148 valence electrons. The topological polar surface area (TPSA) is 61.4 Å². The van der Waals surface area contributed by atoms with E-state index >= 15 is 0 Å². The molecule has 1 aliphatic rings. The van der Waals surface area contributed by atoms with Crippen molar-refractivity contribution in [2.45, 2.75) is 33.1 Å². The van der Waals surface area contributed by atoms with Crippen molar-refractivity contribution in [2.24, 2.45) is 5.92 Å². The number of hydrogen-bond acceptors (Lipinski definition) is 3. The van der Waals surface area contributed by atoms with E-state index in [0.29, 0.717) is 17.7 Å². The predicted octanol–water partition coefficient (Wildman–Crippen LogP) is 4.32. The summed E-state index contributed by atoms with van der Waals surface area (Å²) in [5.74, 6) is 0.427. The highest BCUT2D eigenvalue weighted by Gasteiger charge is 2.16.